The van der Waals surface area contributed by atoms with Crippen LogP contribution in [0.3, 0.4) is 0 Å². The van der Waals surface area contributed by atoms with Gasteiger partial charge in [0.1, 0.15) is 11.2 Å². The molecule has 0 fully saturated rings. The highest BCUT2D eigenvalue weighted by Gasteiger charge is 2.17. The van der Waals surface area contributed by atoms with Gasteiger partial charge >= 0.3 is 0 Å². The maximum Gasteiger partial charge on any atom is 0.164 e. The number of hydrogen-bond acceptors (Lipinski definition) is 4. The lowest BCUT2D eigenvalue weighted by atomic mass is 10.0. The van der Waals surface area contributed by atoms with Gasteiger partial charge in [-0.1, -0.05) is 115 Å². The summed E-state index contributed by atoms with van der Waals surface area (Å²) in [4.78, 5) is 15.0. The van der Waals surface area contributed by atoms with Crippen LogP contribution in [0.15, 0.2) is 138 Å². The van der Waals surface area contributed by atoms with Crippen molar-refractivity contribution in [3.63, 3.8) is 0 Å². The Morgan fingerprint density at radius 2 is 0.932 bits per heavy atom. The van der Waals surface area contributed by atoms with Crippen LogP contribution in [-0.2, 0) is 0 Å². The molecule has 0 saturated heterocycles. The number of rotatable bonds is 3. The summed E-state index contributed by atoms with van der Waals surface area (Å²) in [6, 6.07) is 45.5. The monoisotopic (exact) mass is 583 g/mol. The Hall–Kier alpha value is -5.58. The van der Waals surface area contributed by atoms with Crippen LogP contribution in [0, 0.1) is 0 Å². The molecule has 0 aliphatic carbocycles. The van der Waals surface area contributed by atoms with Crippen molar-refractivity contribution in [2.45, 2.75) is 0 Å². The maximum absolute atomic E-state index is 6.88. The van der Waals surface area contributed by atoms with E-state index in [1.165, 1.54) is 10.8 Å². The van der Waals surface area contributed by atoms with Gasteiger partial charge in [-0.2, -0.15) is 0 Å². The number of aromatic nitrogens is 3. The molecule has 0 amide bonds. The van der Waals surface area contributed by atoms with Crippen molar-refractivity contribution in [1.29, 1.82) is 0 Å². The van der Waals surface area contributed by atoms with E-state index in [0.29, 0.717) is 22.5 Å². The van der Waals surface area contributed by atoms with E-state index >= 15 is 0 Å². The van der Waals surface area contributed by atoms with E-state index in [2.05, 4.69) is 84.9 Å². The Balaban J connectivity index is 1.27. The fraction of sp³-hybridized carbons (Fsp3) is 0. The molecular weight excluding hydrogens is 562 g/mol. The van der Waals surface area contributed by atoms with Gasteiger partial charge in [0.2, 0.25) is 0 Å². The van der Waals surface area contributed by atoms with E-state index in [9.17, 15) is 0 Å². The van der Waals surface area contributed by atoms with Gasteiger partial charge in [0, 0.05) is 38.9 Å². The van der Waals surface area contributed by atoms with Crippen molar-refractivity contribution >= 4 is 65.9 Å². The average Bonchev–Trinajstić information content (AvgIpc) is 3.46. The van der Waals surface area contributed by atoms with Crippen LogP contribution in [-0.4, -0.2) is 15.0 Å². The third-order valence-corrected chi connectivity index (χ3v) is 8.65. The molecule has 0 spiro atoms. The first-order valence-electron chi connectivity index (χ1n) is 14.5. The summed E-state index contributed by atoms with van der Waals surface area (Å²) in [5.41, 5.74) is 4.33. The van der Waals surface area contributed by atoms with E-state index in [4.69, 9.17) is 31.0 Å². The minimum Gasteiger partial charge on any atom is -0.456 e. The molecule has 0 aliphatic heterocycles. The molecule has 0 saturated carbocycles. The number of nitrogens with zero attached hydrogens (tertiary/aromatic N) is 3. The first kappa shape index (κ1) is 25.0. The van der Waals surface area contributed by atoms with Crippen LogP contribution in [0.25, 0.3) is 88.4 Å². The summed E-state index contributed by atoms with van der Waals surface area (Å²) >= 11 is 6.88. The molecule has 9 aromatic rings. The highest BCUT2D eigenvalue weighted by atomic mass is 35.5. The maximum atomic E-state index is 6.88. The Bertz CT molecular complexity index is 2490. The summed E-state index contributed by atoms with van der Waals surface area (Å²) in [5.74, 6) is 1.82. The Labute approximate surface area is 257 Å². The molecule has 206 valence electrons. The molecule has 0 bridgehead atoms. The highest BCUT2D eigenvalue weighted by Crippen LogP contribution is 2.39. The second-order valence-electron chi connectivity index (χ2n) is 11.0. The number of fused-ring (bicyclic) bond motifs is 7. The topological polar surface area (TPSA) is 51.8 Å². The molecule has 5 heteroatoms. The zero-order valence-electron chi connectivity index (χ0n) is 23.3. The molecule has 0 N–H and O–H groups in total. The van der Waals surface area contributed by atoms with Crippen LogP contribution in [0.4, 0.5) is 0 Å². The second kappa shape index (κ2) is 9.73. The van der Waals surface area contributed by atoms with E-state index in [-0.39, 0.29) is 0 Å². The molecule has 2 heterocycles. The van der Waals surface area contributed by atoms with Gasteiger partial charge in [0.15, 0.2) is 17.5 Å². The van der Waals surface area contributed by atoms with Crippen molar-refractivity contribution < 1.29 is 4.42 Å². The number of furan rings is 1. The fourth-order valence-electron chi connectivity index (χ4n) is 6.16. The van der Waals surface area contributed by atoms with E-state index in [1.54, 1.807) is 0 Å². The SMILES string of the molecule is Clc1cc2oc3ccccc3c2c2ccc(-c3nc(-c4ccc5ccccc5c4)nc(-c4ccc5ccccc5c4)n3)cc12. The van der Waals surface area contributed by atoms with Crippen molar-refractivity contribution in [3.05, 3.63) is 138 Å². The van der Waals surface area contributed by atoms with Crippen molar-refractivity contribution in [1.82, 2.24) is 15.0 Å². The van der Waals surface area contributed by atoms with Gasteiger partial charge < -0.3 is 4.42 Å². The lowest BCUT2D eigenvalue weighted by Crippen LogP contribution is -2.00. The van der Waals surface area contributed by atoms with Crippen molar-refractivity contribution in [2.75, 3.05) is 0 Å². The first-order valence-corrected chi connectivity index (χ1v) is 14.8. The lowest BCUT2D eigenvalue weighted by molar-refractivity contribution is 0.669. The second-order valence-corrected chi connectivity index (χ2v) is 11.4. The van der Waals surface area contributed by atoms with Crippen molar-refractivity contribution in [2.24, 2.45) is 0 Å². The summed E-state index contributed by atoms with van der Waals surface area (Å²) in [6.07, 6.45) is 0. The number of halogens is 1. The molecule has 4 nitrogen and oxygen atoms in total. The third-order valence-electron chi connectivity index (χ3n) is 8.34. The molecule has 0 unspecified atom stereocenters. The minimum atomic E-state index is 0.585. The largest absolute Gasteiger partial charge is 0.456 e. The third kappa shape index (κ3) is 4.03. The van der Waals surface area contributed by atoms with Crippen LogP contribution in [0.5, 0.6) is 0 Å². The summed E-state index contributed by atoms with van der Waals surface area (Å²) in [7, 11) is 0. The normalized spacial score (nSPS) is 11.8. The zero-order valence-corrected chi connectivity index (χ0v) is 24.1. The zero-order chi connectivity index (χ0) is 29.2. The Morgan fingerprint density at radius 1 is 0.409 bits per heavy atom. The first-order chi connectivity index (χ1) is 21.7. The van der Waals surface area contributed by atoms with Crippen LogP contribution >= 0.6 is 11.6 Å². The van der Waals surface area contributed by atoms with E-state index in [1.807, 2.05) is 48.5 Å². The van der Waals surface area contributed by atoms with Gasteiger partial charge in [-0.15, -0.1) is 0 Å². The summed E-state index contributed by atoms with van der Waals surface area (Å²) in [5, 5.41) is 9.28. The van der Waals surface area contributed by atoms with Gasteiger partial charge in [0.05, 0.1) is 5.02 Å². The van der Waals surface area contributed by atoms with Crippen LogP contribution in [0.2, 0.25) is 5.02 Å². The molecular formula is C39H22ClN3O. The predicted octanol–water partition coefficient (Wildman–Crippen LogP) is 10.9. The van der Waals surface area contributed by atoms with E-state index < -0.39 is 0 Å². The van der Waals surface area contributed by atoms with E-state index in [0.717, 1.165) is 60.2 Å². The predicted molar refractivity (Wildman–Crippen MR) is 181 cm³/mol. The van der Waals surface area contributed by atoms with Gasteiger partial charge in [0.25, 0.3) is 0 Å². The number of hydrogen-bond donors (Lipinski definition) is 0. The van der Waals surface area contributed by atoms with Crippen LogP contribution < -0.4 is 0 Å². The minimum absolute atomic E-state index is 0.585. The molecule has 0 radical (unpaired) electrons. The van der Waals surface area contributed by atoms with Crippen molar-refractivity contribution in [3.8, 4) is 34.2 Å². The molecule has 9 rings (SSSR count). The molecule has 7 aromatic carbocycles. The van der Waals surface area contributed by atoms with Gasteiger partial charge in [-0.3, -0.25) is 0 Å². The molecule has 2 aromatic heterocycles. The summed E-state index contributed by atoms with van der Waals surface area (Å²) < 4.78 is 6.13. The fourth-order valence-corrected chi connectivity index (χ4v) is 6.41. The Kier molecular flexibility index (Phi) is 5.52. The lowest BCUT2D eigenvalue weighted by Gasteiger charge is -2.11. The van der Waals surface area contributed by atoms with Gasteiger partial charge in [-0.25, -0.2) is 15.0 Å². The van der Waals surface area contributed by atoms with Crippen LogP contribution in [0.1, 0.15) is 0 Å². The molecule has 44 heavy (non-hydrogen) atoms. The van der Waals surface area contributed by atoms with Gasteiger partial charge in [-0.05, 0) is 51.2 Å². The molecule has 0 aliphatic rings. The number of para-hydroxylation sites is 1. The average molecular weight is 584 g/mol. The molecule has 0 atom stereocenters. The smallest absolute Gasteiger partial charge is 0.164 e. The standard InChI is InChI=1S/C39H22ClN3O/c40-33-22-35-36(31-11-5-6-12-34(31)44-35)30-18-17-29(21-32(30)33)39-42-37(27-15-13-23-7-1-3-9-25(23)19-27)41-38(43-39)28-16-14-24-8-2-4-10-26(24)20-28/h1-22H. The highest BCUT2D eigenvalue weighted by molar-refractivity contribution is 6.38. The Morgan fingerprint density at radius 3 is 1.57 bits per heavy atom. The number of benzene rings is 7. The quantitative estimate of drug-likeness (QED) is 0.207. The summed E-state index contributed by atoms with van der Waals surface area (Å²) in [6.45, 7) is 0.